The molecule has 3 N–H and O–H groups in total. The average Bonchev–Trinajstić information content (AvgIpc) is 3.20. The molecular formula is C26H29N5O3S. The number of hydrogen-bond donors (Lipinski definition) is 2. The Bertz CT molecular complexity index is 1400. The minimum atomic E-state index is -3.82. The number of benzene rings is 3. The summed E-state index contributed by atoms with van der Waals surface area (Å²) in [5, 5.41) is 7.12. The molecule has 4 rings (SSSR count). The van der Waals surface area contributed by atoms with Crippen LogP contribution in [0.4, 0.5) is 5.69 Å². The van der Waals surface area contributed by atoms with Crippen molar-refractivity contribution < 1.29 is 13.2 Å². The van der Waals surface area contributed by atoms with Crippen LogP contribution in [0.3, 0.4) is 0 Å². The number of fused-ring (bicyclic) bond motifs is 1. The first-order valence-electron chi connectivity index (χ1n) is 11.5. The Morgan fingerprint density at radius 2 is 1.71 bits per heavy atom. The van der Waals surface area contributed by atoms with Crippen molar-refractivity contribution in [1.29, 1.82) is 0 Å². The first-order valence-corrected chi connectivity index (χ1v) is 13.1. The van der Waals surface area contributed by atoms with Gasteiger partial charge >= 0.3 is 0 Å². The smallest absolute Gasteiger partial charge is 0.238 e. The van der Waals surface area contributed by atoms with Crippen LogP contribution in [0.2, 0.25) is 0 Å². The van der Waals surface area contributed by atoms with E-state index in [0.717, 1.165) is 29.0 Å². The molecule has 0 aliphatic rings. The maximum Gasteiger partial charge on any atom is 0.238 e. The van der Waals surface area contributed by atoms with Crippen molar-refractivity contribution in [3.63, 3.8) is 0 Å². The number of nitrogens with one attached hydrogen (secondary N) is 1. The van der Waals surface area contributed by atoms with Gasteiger partial charge in [-0.3, -0.25) is 15.2 Å². The minimum absolute atomic E-state index is 0.0230. The number of rotatable bonds is 10. The molecule has 0 aliphatic carbocycles. The Balaban J connectivity index is 1.52. The van der Waals surface area contributed by atoms with Crippen LogP contribution in [0.5, 0.6) is 0 Å². The summed E-state index contributed by atoms with van der Waals surface area (Å²) in [6, 6.07) is 24.3. The van der Waals surface area contributed by atoms with Gasteiger partial charge in [-0.2, -0.15) is 0 Å². The van der Waals surface area contributed by atoms with Gasteiger partial charge in [0, 0.05) is 19.4 Å². The minimum Gasteiger partial charge on any atom is -0.328 e. The fourth-order valence-corrected chi connectivity index (χ4v) is 4.54. The lowest BCUT2D eigenvalue weighted by Crippen LogP contribution is -2.42. The number of carbonyl (C=O) groups is 1. The highest BCUT2D eigenvalue weighted by Crippen LogP contribution is 2.22. The first-order chi connectivity index (χ1) is 16.8. The molecule has 9 heteroatoms. The van der Waals surface area contributed by atoms with Crippen LogP contribution < -0.4 is 15.6 Å². The third-order valence-electron chi connectivity index (χ3n) is 5.66. The maximum atomic E-state index is 13.0. The molecule has 0 fully saturated rings. The van der Waals surface area contributed by atoms with Gasteiger partial charge < -0.3 is 4.57 Å². The number of anilines is 1. The molecule has 0 bridgehead atoms. The van der Waals surface area contributed by atoms with E-state index in [2.05, 4.69) is 17.3 Å². The molecule has 1 aromatic heterocycles. The van der Waals surface area contributed by atoms with Crippen molar-refractivity contribution in [3.05, 3.63) is 90.3 Å². The number of nitrogens with zero attached hydrogens (tertiary/aromatic N) is 3. The lowest BCUT2D eigenvalue weighted by atomic mass is 10.2. The predicted molar refractivity (Wildman–Crippen MR) is 137 cm³/mol. The molecule has 35 heavy (non-hydrogen) atoms. The Morgan fingerprint density at radius 3 is 2.37 bits per heavy atom. The van der Waals surface area contributed by atoms with Crippen molar-refractivity contribution in [1.82, 2.24) is 15.0 Å². The van der Waals surface area contributed by atoms with Crippen LogP contribution in [0, 0.1) is 0 Å². The largest absolute Gasteiger partial charge is 0.328 e. The van der Waals surface area contributed by atoms with Crippen LogP contribution in [-0.2, 0) is 34.3 Å². The number of hydrazine groups is 1. The standard InChI is InChI=1S/C26H29N5O3S/c1-2-17-30-24-14-13-22(35(27,33)34)18-23(24)28-25(30)15-16-26(32)29-31(21-11-7-4-8-12-21)19-20-9-5-3-6-10-20/h3-14,18H,2,15-17,19H2,1H3,(H,29,32)(H2,27,33,34). The number of aromatic nitrogens is 2. The molecule has 0 radical (unpaired) electrons. The summed E-state index contributed by atoms with van der Waals surface area (Å²) in [6.45, 7) is 3.30. The molecular weight excluding hydrogens is 462 g/mol. The normalized spacial score (nSPS) is 11.5. The molecule has 0 atom stereocenters. The Kier molecular flexibility index (Phi) is 7.48. The van der Waals surface area contributed by atoms with Crippen molar-refractivity contribution in [2.24, 2.45) is 5.14 Å². The van der Waals surface area contributed by atoms with E-state index in [4.69, 9.17) is 5.14 Å². The molecule has 1 amide bonds. The third-order valence-corrected chi connectivity index (χ3v) is 6.57. The van der Waals surface area contributed by atoms with E-state index in [-0.39, 0.29) is 17.2 Å². The fourth-order valence-electron chi connectivity index (χ4n) is 4.00. The molecule has 1 heterocycles. The molecule has 0 spiro atoms. The van der Waals surface area contributed by atoms with Crippen molar-refractivity contribution in [2.75, 3.05) is 5.01 Å². The number of amides is 1. The van der Waals surface area contributed by atoms with Gasteiger partial charge in [-0.25, -0.2) is 18.5 Å². The van der Waals surface area contributed by atoms with Crippen LogP contribution >= 0.6 is 0 Å². The molecule has 0 aliphatic heterocycles. The lowest BCUT2D eigenvalue weighted by Gasteiger charge is -2.25. The summed E-state index contributed by atoms with van der Waals surface area (Å²) in [7, 11) is -3.82. The highest BCUT2D eigenvalue weighted by Gasteiger charge is 2.17. The highest BCUT2D eigenvalue weighted by atomic mass is 32.2. The van der Waals surface area contributed by atoms with Gasteiger partial charge in [0.15, 0.2) is 0 Å². The topological polar surface area (TPSA) is 110 Å². The second-order valence-electron chi connectivity index (χ2n) is 8.32. The molecule has 0 saturated carbocycles. The van der Waals surface area contributed by atoms with Gasteiger partial charge in [0.1, 0.15) is 5.82 Å². The Hall–Kier alpha value is -3.69. The highest BCUT2D eigenvalue weighted by molar-refractivity contribution is 7.89. The monoisotopic (exact) mass is 491 g/mol. The number of imidazole rings is 1. The molecule has 0 saturated heterocycles. The molecule has 4 aromatic rings. The van der Waals surface area contributed by atoms with Crippen LogP contribution in [0.25, 0.3) is 11.0 Å². The SMILES string of the molecule is CCCn1c(CCC(=O)NN(Cc2ccccc2)c2ccccc2)nc2cc(S(N)(=O)=O)ccc21. The summed E-state index contributed by atoms with van der Waals surface area (Å²) in [5.41, 5.74) is 6.37. The van der Waals surface area contributed by atoms with Crippen LogP contribution in [0.15, 0.2) is 83.8 Å². The van der Waals surface area contributed by atoms with Gasteiger partial charge in [-0.15, -0.1) is 0 Å². The van der Waals surface area contributed by atoms with Gasteiger partial charge in [0.25, 0.3) is 0 Å². The number of primary sulfonamides is 1. The van der Waals surface area contributed by atoms with Gasteiger partial charge in [0.2, 0.25) is 15.9 Å². The Labute approximate surface area is 205 Å². The zero-order valence-electron chi connectivity index (χ0n) is 19.6. The summed E-state index contributed by atoms with van der Waals surface area (Å²) in [6.07, 6.45) is 1.52. The summed E-state index contributed by atoms with van der Waals surface area (Å²) in [4.78, 5) is 17.6. The first kappa shape index (κ1) is 24.4. The average molecular weight is 492 g/mol. The third kappa shape index (κ3) is 6.06. The quantitative estimate of drug-likeness (QED) is 0.328. The maximum absolute atomic E-state index is 13.0. The second-order valence-corrected chi connectivity index (χ2v) is 9.88. The van der Waals surface area contributed by atoms with Crippen molar-refractivity contribution in [3.8, 4) is 0 Å². The van der Waals surface area contributed by atoms with Crippen LogP contribution in [-0.4, -0.2) is 23.9 Å². The van der Waals surface area contributed by atoms with E-state index in [1.165, 1.54) is 12.1 Å². The summed E-state index contributed by atoms with van der Waals surface area (Å²) in [5.74, 6) is 0.600. The zero-order chi connectivity index (χ0) is 24.8. The van der Waals surface area contributed by atoms with Crippen molar-refractivity contribution >= 4 is 32.7 Å². The molecule has 0 unspecified atom stereocenters. The summed E-state index contributed by atoms with van der Waals surface area (Å²) < 4.78 is 25.5. The fraction of sp³-hybridized carbons (Fsp3) is 0.231. The van der Waals surface area contributed by atoms with E-state index in [9.17, 15) is 13.2 Å². The van der Waals surface area contributed by atoms with E-state index < -0.39 is 10.0 Å². The summed E-state index contributed by atoms with van der Waals surface area (Å²) >= 11 is 0. The predicted octanol–water partition coefficient (Wildman–Crippen LogP) is 3.76. The van der Waals surface area contributed by atoms with Crippen LogP contribution in [0.1, 0.15) is 31.2 Å². The Morgan fingerprint density at radius 1 is 1.03 bits per heavy atom. The number of carbonyl (C=O) groups excluding carboxylic acids is 1. The van der Waals surface area contributed by atoms with Gasteiger partial charge in [-0.05, 0) is 42.3 Å². The number of sulfonamides is 1. The second kappa shape index (κ2) is 10.7. The lowest BCUT2D eigenvalue weighted by molar-refractivity contribution is -0.121. The van der Waals surface area contributed by atoms with E-state index in [0.29, 0.717) is 25.0 Å². The number of nitrogens with two attached hydrogens (primary N) is 1. The van der Waals surface area contributed by atoms with E-state index in [1.54, 1.807) is 6.07 Å². The van der Waals surface area contributed by atoms with Crippen molar-refractivity contribution in [2.45, 2.75) is 44.2 Å². The molecule has 8 nitrogen and oxygen atoms in total. The number of para-hydroxylation sites is 1. The molecule has 3 aromatic carbocycles. The van der Waals surface area contributed by atoms with Gasteiger partial charge in [0.05, 0.1) is 28.2 Å². The van der Waals surface area contributed by atoms with E-state index in [1.807, 2.05) is 70.2 Å². The zero-order valence-corrected chi connectivity index (χ0v) is 20.4. The molecule has 182 valence electrons. The number of aryl methyl sites for hydroxylation is 2. The number of hydrogen-bond acceptors (Lipinski definition) is 5. The van der Waals surface area contributed by atoms with E-state index >= 15 is 0 Å². The van der Waals surface area contributed by atoms with Gasteiger partial charge in [-0.1, -0.05) is 55.5 Å².